The smallest absolute Gasteiger partial charge is 0.249 e. The molecule has 0 aliphatic heterocycles. The lowest BCUT2D eigenvalue weighted by Gasteiger charge is -2.15. The molecule has 0 bridgehead atoms. The largest absolute Gasteiger partial charge is 0.397 e. The third-order valence-corrected chi connectivity index (χ3v) is 4.70. The maximum Gasteiger partial charge on any atom is 0.249 e. The van der Waals surface area contributed by atoms with Crippen molar-refractivity contribution in [1.82, 2.24) is 0 Å². The van der Waals surface area contributed by atoms with Crippen LogP contribution in [0.3, 0.4) is 0 Å². The van der Waals surface area contributed by atoms with Crippen molar-refractivity contribution in [3.8, 4) is 6.07 Å². The average Bonchev–Trinajstić information content (AvgIpc) is 2.24. The number of benzene rings is 1. The highest BCUT2D eigenvalue weighted by molar-refractivity contribution is 9.10. The zero-order valence-corrected chi connectivity index (χ0v) is 12.5. The third-order valence-electron chi connectivity index (χ3n) is 2.40. The zero-order chi connectivity index (χ0) is 13.9. The SMILES string of the molecule is CCC(C#N)S(=O)(=O)Nc1c(N)cc(C)cc1Br. The first kappa shape index (κ1) is 14.8. The first-order valence-electron chi connectivity index (χ1n) is 5.28. The fourth-order valence-electron chi connectivity index (χ4n) is 1.47. The van der Waals surface area contributed by atoms with E-state index in [0.717, 1.165) is 5.56 Å². The van der Waals surface area contributed by atoms with Crippen LogP contribution in [0.15, 0.2) is 16.6 Å². The standard InChI is InChI=1S/C11H14BrN3O2S/c1-3-8(6-13)18(16,17)15-11-9(12)4-7(2)5-10(11)14/h4-5,8,15H,3,14H2,1-2H3. The van der Waals surface area contributed by atoms with Gasteiger partial charge in [-0.05, 0) is 47.0 Å². The average molecular weight is 332 g/mol. The van der Waals surface area contributed by atoms with Gasteiger partial charge in [0.05, 0.1) is 17.4 Å². The molecule has 0 saturated carbocycles. The Kier molecular flexibility index (Phi) is 4.59. The van der Waals surface area contributed by atoms with E-state index in [0.29, 0.717) is 10.2 Å². The predicted octanol–water partition coefficient (Wildman–Crippen LogP) is 2.38. The number of nitrogens with one attached hydrogen (secondary N) is 1. The van der Waals surface area contributed by atoms with Gasteiger partial charge in [-0.25, -0.2) is 8.42 Å². The summed E-state index contributed by atoms with van der Waals surface area (Å²) < 4.78 is 26.8. The number of aryl methyl sites for hydroxylation is 1. The number of halogens is 1. The van der Waals surface area contributed by atoms with Crippen molar-refractivity contribution in [3.63, 3.8) is 0 Å². The van der Waals surface area contributed by atoms with Gasteiger partial charge in [0, 0.05) is 4.47 Å². The van der Waals surface area contributed by atoms with Crippen molar-refractivity contribution in [2.24, 2.45) is 0 Å². The maximum absolute atomic E-state index is 11.9. The van der Waals surface area contributed by atoms with E-state index >= 15 is 0 Å². The summed E-state index contributed by atoms with van der Waals surface area (Å²) >= 11 is 3.25. The molecule has 0 aliphatic carbocycles. The van der Waals surface area contributed by atoms with Crippen LogP contribution in [-0.4, -0.2) is 13.7 Å². The monoisotopic (exact) mass is 331 g/mol. The van der Waals surface area contributed by atoms with E-state index in [1.54, 1.807) is 25.1 Å². The van der Waals surface area contributed by atoms with Crippen LogP contribution >= 0.6 is 15.9 Å². The molecule has 3 N–H and O–H groups in total. The molecule has 98 valence electrons. The van der Waals surface area contributed by atoms with Crippen molar-refractivity contribution in [2.45, 2.75) is 25.5 Å². The van der Waals surface area contributed by atoms with Gasteiger partial charge in [-0.15, -0.1) is 0 Å². The second kappa shape index (κ2) is 5.59. The molecule has 1 unspecified atom stereocenters. The number of rotatable bonds is 4. The Morgan fingerprint density at radius 3 is 2.61 bits per heavy atom. The Morgan fingerprint density at radius 1 is 1.56 bits per heavy atom. The third kappa shape index (κ3) is 3.15. The van der Waals surface area contributed by atoms with Crippen molar-refractivity contribution < 1.29 is 8.42 Å². The zero-order valence-electron chi connectivity index (χ0n) is 10.1. The van der Waals surface area contributed by atoms with E-state index in [-0.39, 0.29) is 12.1 Å². The first-order valence-corrected chi connectivity index (χ1v) is 7.62. The molecule has 7 heteroatoms. The second-order valence-electron chi connectivity index (χ2n) is 3.88. The summed E-state index contributed by atoms with van der Waals surface area (Å²) in [7, 11) is -3.75. The van der Waals surface area contributed by atoms with Crippen LogP contribution in [0, 0.1) is 18.3 Å². The Labute approximate surface area is 115 Å². The Balaban J connectivity index is 3.17. The molecule has 0 amide bonds. The van der Waals surface area contributed by atoms with E-state index in [9.17, 15) is 8.42 Å². The number of nitrogen functional groups attached to an aromatic ring is 1. The number of hydrogen-bond acceptors (Lipinski definition) is 4. The molecule has 0 fully saturated rings. The predicted molar refractivity (Wildman–Crippen MR) is 75.5 cm³/mol. The maximum atomic E-state index is 11.9. The van der Waals surface area contributed by atoms with Gasteiger partial charge in [-0.2, -0.15) is 5.26 Å². The minimum atomic E-state index is -3.75. The summed E-state index contributed by atoms with van der Waals surface area (Å²) in [5.74, 6) is 0. The summed E-state index contributed by atoms with van der Waals surface area (Å²) in [5.41, 5.74) is 7.27. The number of sulfonamides is 1. The van der Waals surface area contributed by atoms with Crippen LogP contribution in [0.4, 0.5) is 11.4 Å². The first-order chi connectivity index (χ1) is 8.31. The lowest BCUT2D eigenvalue weighted by Crippen LogP contribution is -2.26. The van der Waals surface area contributed by atoms with Crippen LogP contribution in [-0.2, 0) is 10.0 Å². The van der Waals surface area contributed by atoms with Gasteiger partial charge in [-0.1, -0.05) is 6.92 Å². The minimum Gasteiger partial charge on any atom is -0.397 e. The van der Waals surface area contributed by atoms with E-state index in [2.05, 4.69) is 20.7 Å². The van der Waals surface area contributed by atoms with Crippen molar-refractivity contribution in [3.05, 3.63) is 22.2 Å². The molecule has 1 rings (SSSR count). The normalized spacial score (nSPS) is 12.8. The summed E-state index contributed by atoms with van der Waals surface area (Å²) in [5, 5.41) is 7.72. The molecule has 1 aromatic carbocycles. The molecule has 0 radical (unpaired) electrons. The number of hydrogen-bond donors (Lipinski definition) is 2. The highest BCUT2D eigenvalue weighted by atomic mass is 79.9. The van der Waals surface area contributed by atoms with E-state index in [4.69, 9.17) is 11.0 Å². The molecule has 18 heavy (non-hydrogen) atoms. The molecule has 0 saturated heterocycles. The second-order valence-corrected chi connectivity index (χ2v) is 6.60. The molecule has 0 spiro atoms. The van der Waals surface area contributed by atoms with Crippen LogP contribution in [0.1, 0.15) is 18.9 Å². The van der Waals surface area contributed by atoms with Gasteiger partial charge in [0.15, 0.2) is 5.25 Å². The summed E-state index contributed by atoms with van der Waals surface area (Å²) in [6.07, 6.45) is 0.217. The minimum absolute atomic E-state index is 0.217. The Morgan fingerprint density at radius 2 is 2.17 bits per heavy atom. The van der Waals surface area contributed by atoms with Gasteiger partial charge in [0.1, 0.15) is 0 Å². The fraction of sp³-hybridized carbons (Fsp3) is 0.364. The van der Waals surface area contributed by atoms with Gasteiger partial charge in [0.2, 0.25) is 10.0 Å². The van der Waals surface area contributed by atoms with Crippen molar-refractivity contribution >= 4 is 37.3 Å². The topological polar surface area (TPSA) is 96.0 Å². The molecule has 1 aromatic rings. The van der Waals surface area contributed by atoms with Gasteiger partial charge < -0.3 is 5.73 Å². The Hall–Kier alpha value is -1.26. The molecule has 0 aliphatic rings. The Bertz CT molecular complexity index is 570. The van der Waals surface area contributed by atoms with Gasteiger partial charge in [-0.3, -0.25) is 4.72 Å². The summed E-state index contributed by atoms with van der Waals surface area (Å²) in [4.78, 5) is 0. The number of anilines is 2. The molecular weight excluding hydrogens is 318 g/mol. The highest BCUT2D eigenvalue weighted by Crippen LogP contribution is 2.31. The molecule has 0 heterocycles. The lowest BCUT2D eigenvalue weighted by atomic mass is 10.2. The number of nitrogens with two attached hydrogens (primary N) is 1. The van der Waals surface area contributed by atoms with Crippen LogP contribution in [0.25, 0.3) is 0 Å². The number of nitriles is 1. The summed E-state index contributed by atoms with van der Waals surface area (Å²) in [6, 6.07) is 5.17. The molecular formula is C11H14BrN3O2S. The quantitative estimate of drug-likeness (QED) is 0.828. The van der Waals surface area contributed by atoms with Crippen LogP contribution < -0.4 is 10.5 Å². The number of nitrogens with zero attached hydrogens (tertiary/aromatic N) is 1. The fourth-order valence-corrected chi connectivity index (χ4v) is 3.52. The van der Waals surface area contributed by atoms with E-state index in [1.165, 1.54) is 0 Å². The van der Waals surface area contributed by atoms with Crippen LogP contribution in [0.5, 0.6) is 0 Å². The lowest BCUT2D eigenvalue weighted by molar-refractivity contribution is 0.593. The van der Waals surface area contributed by atoms with Crippen molar-refractivity contribution in [1.29, 1.82) is 5.26 Å². The van der Waals surface area contributed by atoms with Gasteiger partial charge in [0.25, 0.3) is 0 Å². The molecule has 1 atom stereocenters. The van der Waals surface area contributed by atoms with E-state index in [1.807, 2.05) is 6.92 Å². The molecule has 0 aromatic heterocycles. The molecule has 5 nitrogen and oxygen atoms in total. The van der Waals surface area contributed by atoms with Crippen LogP contribution in [0.2, 0.25) is 0 Å². The van der Waals surface area contributed by atoms with E-state index < -0.39 is 15.3 Å². The summed E-state index contributed by atoms with van der Waals surface area (Å²) in [6.45, 7) is 3.49. The highest BCUT2D eigenvalue weighted by Gasteiger charge is 2.24. The van der Waals surface area contributed by atoms with Crippen molar-refractivity contribution in [2.75, 3.05) is 10.5 Å². The van der Waals surface area contributed by atoms with Gasteiger partial charge >= 0.3 is 0 Å².